The Morgan fingerprint density at radius 1 is 1.57 bits per heavy atom. The highest BCUT2D eigenvalue weighted by Gasteiger charge is 2.36. The third-order valence-electron chi connectivity index (χ3n) is 3.29. The maximum Gasteiger partial charge on any atom is 0.201 e. The minimum absolute atomic E-state index is 0.00971. The van der Waals surface area contributed by atoms with E-state index < -0.39 is 18.4 Å². The number of aliphatic hydroxyl groups excluding tert-OH is 2. The predicted molar refractivity (Wildman–Crippen MR) is 70.2 cm³/mol. The molecule has 1 aliphatic rings. The Bertz CT molecular complexity index is 724. The first kappa shape index (κ1) is 13.5. The number of azide groups is 1. The molecule has 1 saturated heterocycles. The van der Waals surface area contributed by atoms with E-state index in [1.807, 2.05) is 0 Å². The molecule has 3 rings (SSSR count). The molecule has 110 valence electrons. The van der Waals surface area contributed by atoms with Gasteiger partial charge in [-0.15, -0.1) is 0 Å². The van der Waals surface area contributed by atoms with Crippen LogP contribution in [-0.2, 0) is 4.74 Å². The van der Waals surface area contributed by atoms with Gasteiger partial charge in [0.05, 0.1) is 12.7 Å². The number of aromatic nitrogens is 4. The number of fused-ring (bicyclic) bond motifs is 1. The van der Waals surface area contributed by atoms with Gasteiger partial charge in [-0.2, -0.15) is 0 Å². The van der Waals surface area contributed by atoms with Gasteiger partial charge in [0.15, 0.2) is 17.0 Å². The first-order chi connectivity index (χ1) is 10.2. The summed E-state index contributed by atoms with van der Waals surface area (Å²) in [6, 6.07) is 0. The zero-order valence-electron chi connectivity index (χ0n) is 10.7. The second-order valence-electron chi connectivity index (χ2n) is 4.52. The third kappa shape index (κ3) is 2.14. The Morgan fingerprint density at radius 3 is 3.05 bits per heavy atom. The van der Waals surface area contributed by atoms with Gasteiger partial charge in [0.2, 0.25) is 5.95 Å². The maximum atomic E-state index is 9.83. The summed E-state index contributed by atoms with van der Waals surface area (Å²) in [4.78, 5) is 14.7. The molecule has 3 heterocycles. The fourth-order valence-corrected chi connectivity index (χ4v) is 2.33. The predicted octanol–water partition coefficient (Wildman–Crippen LogP) is -0.00900. The van der Waals surface area contributed by atoms with Gasteiger partial charge in [0.1, 0.15) is 18.7 Å². The van der Waals surface area contributed by atoms with E-state index in [1.165, 1.54) is 10.9 Å². The molecule has 0 radical (unpaired) electrons. The van der Waals surface area contributed by atoms with Crippen LogP contribution in [0, 0.1) is 0 Å². The molecule has 0 aliphatic carbocycles. The van der Waals surface area contributed by atoms with E-state index >= 15 is 0 Å². The molecular weight excluding hydrogens is 280 g/mol. The summed E-state index contributed by atoms with van der Waals surface area (Å²) >= 11 is 0. The van der Waals surface area contributed by atoms with Gasteiger partial charge in [0, 0.05) is 11.3 Å². The fraction of sp³-hybridized carbons (Fsp3) is 0.500. The number of hydrogen-bond donors (Lipinski definition) is 3. The van der Waals surface area contributed by atoms with Gasteiger partial charge >= 0.3 is 0 Å². The third-order valence-corrected chi connectivity index (χ3v) is 3.29. The van der Waals surface area contributed by atoms with Gasteiger partial charge in [-0.05, 0) is 10.6 Å². The summed E-state index contributed by atoms with van der Waals surface area (Å²) in [5.41, 5.74) is 15.0. The van der Waals surface area contributed by atoms with E-state index in [2.05, 4.69) is 25.0 Å². The number of aliphatic hydroxyl groups is 2. The first-order valence-corrected chi connectivity index (χ1v) is 6.13. The van der Waals surface area contributed by atoms with Crippen molar-refractivity contribution in [3.05, 3.63) is 16.8 Å². The van der Waals surface area contributed by atoms with Crippen LogP contribution in [0.2, 0.25) is 0 Å². The summed E-state index contributed by atoms with van der Waals surface area (Å²) < 4.78 is 6.98. The van der Waals surface area contributed by atoms with Crippen molar-refractivity contribution in [3.63, 3.8) is 0 Å². The maximum absolute atomic E-state index is 9.83. The zero-order valence-corrected chi connectivity index (χ0v) is 10.7. The Balaban J connectivity index is 2.14. The normalized spacial score (nSPS) is 25.1. The Labute approximate surface area is 117 Å². The first-order valence-electron chi connectivity index (χ1n) is 6.13. The lowest BCUT2D eigenvalue weighted by Crippen LogP contribution is -2.24. The van der Waals surface area contributed by atoms with Crippen molar-refractivity contribution in [2.75, 3.05) is 12.3 Å². The lowest BCUT2D eigenvalue weighted by molar-refractivity contribution is -0.0426. The van der Waals surface area contributed by atoms with Crippen LogP contribution < -0.4 is 5.73 Å². The average molecular weight is 292 g/mol. The second-order valence-corrected chi connectivity index (χ2v) is 4.52. The van der Waals surface area contributed by atoms with Crippen molar-refractivity contribution < 1.29 is 14.9 Å². The van der Waals surface area contributed by atoms with Crippen molar-refractivity contribution in [3.8, 4) is 0 Å². The smallest absolute Gasteiger partial charge is 0.201 e. The molecule has 0 aromatic carbocycles. The highest BCUT2D eigenvalue weighted by atomic mass is 16.5. The Morgan fingerprint density at radius 2 is 2.38 bits per heavy atom. The molecular formula is C10H12N8O3. The standard InChI is InChI=1S/C10H12N8O3/c11-8-7-9(14-3-13-8)18(10(15-7)16-17-12)6-1-4(20)5(2-19)21-6/h3-6,19-20H,1-2H2,(H2,11,13,14)/t4-,5+,6+/m0/s1. The SMILES string of the molecule is [N-]=[N+]=Nc1nc2c(N)ncnc2n1[C@H]1C[C@H](O)[C@@H](CO)O1. The number of rotatable bonds is 3. The average Bonchev–Trinajstić information content (AvgIpc) is 3.00. The largest absolute Gasteiger partial charge is 0.394 e. The summed E-state index contributed by atoms with van der Waals surface area (Å²) in [5.74, 6) is 0.154. The van der Waals surface area contributed by atoms with Crippen molar-refractivity contribution in [2.24, 2.45) is 5.11 Å². The van der Waals surface area contributed by atoms with Gasteiger partial charge in [0.25, 0.3) is 0 Å². The summed E-state index contributed by atoms with van der Waals surface area (Å²) in [5, 5.41) is 22.5. The zero-order chi connectivity index (χ0) is 15.0. The molecule has 0 bridgehead atoms. The molecule has 1 aliphatic heterocycles. The van der Waals surface area contributed by atoms with Gasteiger partial charge in [-0.25, -0.2) is 15.0 Å². The molecule has 0 unspecified atom stereocenters. The number of nitrogens with zero attached hydrogens (tertiary/aromatic N) is 7. The van der Waals surface area contributed by atoms with Gasteiger partial charge < -0.3 is 20.7 Å². The van der Waals surface area contributed by atoms with Crippen molar-refractivity contribution in [2.45, 2.75) is 24.9 Å². The van der Waals surface area contributed by atoms with Crippen molar-refractivity contribution in [1.29, 1.82) is 0 Å². The highest BCUT2D eigenvalue weighted by molar-refractivity contribution is 5.83. The number of ether oxygens (including phenoxy) is 1. The highest BCUT2D eigenvalue weighted by Crippen LogP contribution is 2.35. The molecule has 11 nitrogen and oxygen atoms in total. The molecule has 0 amide bonds. The van der Waals surface area contributed by atoms with Crippen LogP contribution in [0.15, 0.2) is 11.4 Å². The topological polar surface area (TPSA) is 168 Å². The van der Waals surface area contributed by atoms with Gasteiger partial charge in [-0.1, -0.05) is 0 Å². The van der Waals surface area contributed by atoms with E-state index in [0.717, 1.165) is 0 Å². The van der Waals surface area contributed by atoms with Gasteiger partial charge in [-0.3, -0.25) is 4.57 Å². The quantitative estimate of drug-likeness (QED) is 0.406. The fourth-order valence-electron chi connectivity index (χ4n) is 2.33. The molecule has 2 aromatic heterocycles. The van der Waals surface area contributed by atoms with Crippen LogP contribution >= 0.6 is 0 Å². The minimum atomic E-state index is -0.837. The van der Waals surface area contributed by atoms with Crippen LogP contribution in [0.3, 0.4) is 0 Å². The van der Waals surface area contributed by atoms with E-state index in [0.29, 0.717) is 5.65 Å². The lowest BCUT2D eigenvalue weighted by Gasteiger charge is -2.14. The molecule has 3 atom stereocenters. The number of imidazole rings is 1. The minimum Gasteiger partial charge on any atom is -0.394 e. The second kappa shape index (κ2) is 5.14. The van der Waals surface area contributed by atoms with Crippen molar-refractivity contribution >= 4 is 22.9 Å². The van der Waals surface area contributed by atoms with Crippen molar-refractivity contribution in [1.82, 2.24) is 19.5 Å². The van der Waals surface area contributed by atoms with Crippen LogP contribution in [-0.4, -0.2) is 48.5 Å². The number of nitrogens with two attached hydrogens (primary N) is 1. The van der Waals surface area contributed by atoms with Crippen LogP contribution in [0.4, 0.5) is 11.8 Å². The lowest BCUT2D eigenvalue weighted by atomic mass is 10.2. The van der Waals surface area contributed by atoms with Crippen LogP contribution in [0.5, 0.6) is 0 Å². The summed E-state index contributed by atoms with van der Waals surface area (Å²) in [6.45, 7) is -0.321. The van der Waals surface area contributed by atoms with E-state index in [1.54, 1.807) is 0 Å². The molecule has 1 fully saturated rings. The number of hydrogen-bond acceptors (Lipinski definition) is 8. The van der Waals surface area contributed by atoms with E-state index in [9.17, 15) is 5.11 Å². The molecule has 2 aromatic rings. The van der Waals surface area contributed by atoms with Crippen LogP contribution in [0.1, 0.15) is 12.6 Å². The number of anilines is 1. The van der Waals surface area contributed by atoms with E-state index in [-0.39, 0.29) is 30.3 Å². The van der Waals surface area contributed by atoms with Crippen LogP contribution in [0.25, 0.3) is 21.6 Å². The molecule has 21 heavy (non-hydrogen) atoms. The summed E-state index contributed by atoms with van der Waals surface area (Å²) in [6.07, 6.45) is -0.767. The summed E-state index contributed by atoms with van der Waals surface area (Å²) in [7, 11) is 0. The molecule has 4 N–H and O–H groups in total. The Kier molecular flexibility index (Phi) is 3.31. The number of nitrogen functional groups attached to an aromatic ring is 1. The Hall–Kier alpha value is -2.46. The van der Waals surface area contributed by atoms with E-state index in [4.69, 9.17) is 21.1 Å². The monoisotopic (exact) mass is 292 g/mol. The molecule has 0 saturated carbocycles. The molecule has 0 spiro atoms. The molecule has 11 heteroatoms.